The van der Waals surface area contributed by atoms with Crippen LogP contribution in [-0.4, -0.2) is 39.2 Å². The van der Waals surface area contributed by atoms with Crippen LogP contribution in [-0.2, 0) is 17.7 Å². The molecule has 0 bridgehead atoms. The minimum Gasteiger partial charge on any atom is -0.444 e. The van der Waals surface area contributed by atoms with Gasteiger partial charge in [-0.2, -0.15) is 0 Å². The fraction of sp³-hybridized carbons (Fsp3) is 0.455. The molecule has 0 radical (unpaired) electrons. The van der Waals surface area contributed by atoms with Crippen LogP contribution in [0, 0.1) is 19.8 Å². The van der Waals surface area contributed by atoms with Gasteiger partial charge < -0.3 is 14.2 Å². The minimum atomic E-state index is -0.471. The number of benzene rings is 2. The second-order valence-corrected chi connectivity index (χ2v) is 11.9. The first kappa shape index (κ1) is 26.3. The fourth-order valence-corrected chi connectivity index (χ4v) is 6.15. The SMILES string of the molecule is Cc1ccc2c(c1)C/C=C(/CCn1ccnc1C)c1ccccc1C2C1CCN(C(=O)OC(C)(C)C)CC1. The monoisotopic (exact) mass is 511 g/mol. The summed E-state index contributed by atoms with van der Waals surface area (Å²) in [6.45, 7) is 12.5. The predicted octanol–water partition coefficient (Wildman–Crippen LogP) is 7.31. The molecule has 1 fully saturated rings. The average molecular weight is 512 g/mol. The van der Waals surface area contributed by atoms with Crippen molar-refractivity contribution in [2.45, 2.75) is 78.4 Å². The summed E-state index contributed by atoms with van der Waals surface area (Å²) in [7, 11) is 0. The highest BCUT2D eigenvalue weighted by Gasteiger charge is 2.34. The Kier molecular flexibility index (Phi) is 7.47. The third-order valence-electron chi connectivity index (χ3n) is 8.05. The van der Waals surface area contributed by atoms with E-state index in [1.54, 1.807) is 0 Å². The number of nitrogens with zero attached hydrogens (tertiary/aromatic N) is 3. The summed E-state index contributed by atoms with van der Waals surface area (Å²) in [5.74, 6) is 1.83. The second-order valence-electron chi connectivity index (χ2n) is 11.9. The third-order valence-corrected chi connectivity index (χ3v) is 8.05. The van der Waals surface area contributed by atoms with Gasteiger partial charge >= 0.3 is 6.09 Å². The molecule has 5 heteroatoms. The van der Waals surface area contributed by atoms with Crippen molar-refractivity contribution < 1.29 is 9.53 Å². The lowest BCUT2D eigenvalue weighted by atomic mass is 9.71. The van der Waals surface area contributed by atoms with Gasteiger partial charge in [0.25, 0.3) is 0 Å². The molecule has 1 aliphatic carbocycles. The quantitative estimate of drug-likeness (QED) is 0.369. The largest absolute Gasteiger partial charge is 0.444 e. The maximum atomic E-state index is 12.8. The van der Waals surface area contributed by atoms with E-state index in [1.807, 2.05) is 31.9 Å². The van der Waals surface area contributed by atoms with E-state index in [1.165, 1.54) is 33.4 Å². The van der Waals surface area contributed by atoms with Gasteiger partial charge in [-0.25, -0.2) is 9.78 Å². The Bertz CT molecular complexity index is 1320. The van der Waals surface area contributed by atoms with Crippen LogP contribution < -0.4 is 0 Å². The van der Waals surface area contributed by atoms with E-state index in [0.29, 0.717) is 11.8 Å². The molecule has 1 atom stereocenters. The number of likely N-dealkylation sites (tertiary alicyclic amines) is 1. The van der Waals surface area contributed by atoms with E-state index >= 15 is 0 Å². The zero-order valence-corrected chi connectivity index (χ0v) is 23.5. The Balaban J connectivity index is 1.47. The molecule has 2 aliphatic rings. The van der Waals surface area contributed by atoms with E-state index in [0.717, 1.165) is 51.1 Å². The van der Waals surface area contributed by atoms with E-state index < -0.39 is 5.60 Å². The van der Waals surface area contributed by atoms with Crippen LogP contribution >= 0.6 is 0 Å². The number of ether oxygens (including phenoxy) is 1. The zero-order chi connectivity index (χ0) is 26.9. The molecule has 3 aromatic rings. The number of aryl methyl sites for hydroxylation is 3. The number of hydrogen-bond donors (Lipinski definition) is 0. The van der Waals surface area contributed by atoms with Crippen molar-refractivity contribution >= 4 is 11.7 Å². The molecule has 200 valence electrons. The Morgan fingerprint density at radius 2 is 1.82 bits per heavy atom. The second kappa shape index (κ2) is 10.8. The summed E-state index contributed by atoms with van der Waals surface area (Å²) in [4.78, 5) is 19.1. The maximum Gasteiger partial charge on any atom is 0.410 e. The first-order chi connectivity index (χ1) is 18.2. The maximum absolute atomic E-state index is 12.8. The first-order valence-electron chi connectivity index (χ1n) is 14.0. The molecule has 2 heterocycles. The van der Waals surface area contributed by atoms with Gasteiger partial charge in [-0.1, -0.05) is 54.1 Å². The van der Waals surface area contributed by atoms with Crippen LogP contribution in [0.4, 0.5) is 4.79 Å². The van der Waals surface area contributed by atoms with E-state index in [9.17, 15) is 4.79 Å². The molecule has 0 saturated carbocycles. The third kappa shape index (κ3) is 5.72. The summed E-state index contributed by atoms with van der Waals surface area (Å²) < 4.78 is 7.91. The zero-order valence-electron chi connectivity index (χ0n) is 23.5. The Labute approximate surface area is 227 Å². The number of rotatable bonds is 4. The number of imidazole rings is 1. The van der Waals surface area contributed by atoms with Crippen LogP contribution in [0.5, 0.6) is 0 Å². The molecule has 2 aromatic carbocycles. The molecule has 0 N–H and O–H groups in total. The van der Waals surface area contributed by atoms with Gasteiger partial charge in [0.15, 0.2) is 0 Å². The molecule has 1 amide bonds. The molecule has 1 saturated heterocycles. The van der Waals surface area contributed by atoms with Crippen molar-refractivity contribution in [2.24, 2.45) is 5.92 Å². The molecule has 1 aromatic heterocycles. The Morgan fingerprint density at radius 3 is 2.53 bits per heavy atom. The summed E-state index contributed by atoms with van der Waals surface area (Å²) in [6.07, 6.45) is 10.1. The minimum absolute atomic E-state index is 0.190. The van der Waals surface area contributed by atoms with Gasteiger partial charge in [-0.3, -0.25) is 0 Å². The van der Waals surface area contributed by atoms with Gasteiger partial charge in [0.05, 0.1) is 0 Å². The van der Waals surface area contributed by atoms with Crippen molar-refractivity contribution in [3.05, 3.63) is 94.6 Å². The summed E-state index contributed by atoms with van der Waals surface area (Å²) >= 11 is 0. The van der Waals surface area contributed by atoms with Gasteiger partial charge in [-0.05, 0) is 94.0 Å². The summed E-state index contributed by atoms with van der Waals surface area (Å²) in [5, 5.41) is 0. The molecule has 5 rings (SSSR count). The molecule has 1 unspecified atom stereocenters. The Hall–Kier alpha value is -3.34. The molecule has 1 aliphatic heterocycles. The van der Waals surface area contributed by atoms with Crippen molar-refractivity contribution in [1.29, 1.82) is 0 Å². The summed E-state index contributed by atoms with van der Waals surface area (Å²) in [6, 6.07) is 16.0. The first-order valence-corrected chi connectivity index (χ1v) is 14.0. The lowest BCUT2D eigenvalue weighted by Crippen LogP contribution is -2.42. The summed E-state index contributed by atoms with van der Waals surface area (Å²) in [5.41, 5.74) is 7.91. The van der Waals surface area contributed by atoms with Gasteiger partial charge in [0, 0.05) is 37.9 Å². The van der Waals surface area contributed by atoms with Crippen molar-refractivity contribution in [2.75, 3.05) is 13.1 Å². The normalized spacial score (nSPS) is 19.6. The average Bonchev–Trinajstić information content (AvgIpc) is 3.28. The van der Waals surface area contributed by atoms with Crippen molar-refractivity contribution in [3.63, 3.8) is 0 Å². The van der Waals surface area contributed by atoms with Crippen LogP contribution in [0.15, 0.2) is 60.9 Å². The lowest BCUT2D eigenvalue weighted by Gasteiger charge is -2.39. The van der Waals surface area contributed by atoms with Gasteiger partial charge in [0.1, 0.15) is 11.4 Å². The van der Waals surface area contributed by atoms with E-state index in [-0.39, 0.29) is 6.09 Å². The molecular weight excluding hydrogens is 470 g/mol. The number of carbonyl (C=O) groups is 1. The standard InChI is InChI=1S/C33H41N3O2/c1-23-10-13-29-27(22-23)12-11-25(14-18-35-21-17-34-24(35)2)28-8-6-7-9-30(28)31(29)26-15-19-36(20-16-26)32(37)38-33(3,4)5/h6-11,13,17,21-22,26,31H,12,14-16,18-20H2,1-5H3/b25-11-. The highest BCUT2D eigenvalue weighted by Crippen LogP contribution is 2.44. The van der Waals surface area contributed by atoms with Crippen LogP contribution in [0.25, 0.3) is 5.57 Å². The number of fused-ring (bicyclic) bond motifs is 2. The van der Waals surface area contributed by atoms with E-state index in [4.69, 9.17) is 4.74 Å². The topological polar surface area (TPSA) is 47.4 Å². The van der Waals surface area contributed by atoms with Crippen molar-refractivity contribution in [3.8, 4) is 0 Å². The molecule has 0 spiro atoms. The number of allylic oxidation sites excluding steroid dienone is 2. The molecular formula is C33H41N3O2. The van der Waals surface area contributed by atoms with Crippen LogP contribution in [0.1, 0.15) is 79.6 Å². The molecule has 38 heavy (non-hydrogen) atoms. The van der Waals surface area contributed by atoms with Crippen molar-refractivity contribution in [1.82, 2.24) is 14.5 Å². The lowest BCUT2D eigenvalue weighted by molar-refractivity contribution is 0.0178. The number of amides is 1. The number of piperidine rings is 1. The van der Waals surface area contributed by atoms with Crippen LogP contribution in [0.2, 0.25) is 0 Å². The molecule has 5 nitrogen and oxygen atoms in total. The highest BCUT2D eigenvalue weighted by molar-refractivity contribution is 5.71. The number of hydrogen-bond acceptors (Lipinski definition) is 3. The smallest absolute Gasteiger partial charge is 0.410 e. The predicted molar refractivity (Wildman–Crippen MR) is 153 cm³/mol. The van der Waals surface area contributed by atoms with Gasteiger partial charge in [0.2, 0.25) is 0 Å². The number of aromatic nitrogens is 2. The van der Waals surface area contributed by atoms with Crippen LogP contribution in [0.3, 0.4) is 0 Å². The van der Waals surface area contributed by atoms with Gasteiger partial charge in [-0.15, -0.1) is 0 Å². The van der Waals surface area contributed by atoms with E-state index in [2.05, 4.69) is 78.1 Å². The Morgan fingerprint density at radius 1 is 1.05 bits per heavy atom. The fourth-order valence-electron chi connectivity index (χ4n) is 6.15. The highest BCUT2D eigenvalue weighted by atomic mass is 16.6. The number of carbonyl (C=O) groups excluding carboxylic acids is 1.